The molecule has 0 aliphatic rings. The van der Waals surface area contributed by atoms with Crippen molar-refractivity contribution in [2.24, 2.45) is 0 Å². The maximum atomic E-state index is 12.5. The fraction of sp³-hybridized carbons (Fsp3) is 0.400. The number of fused-ring (bicyclic) bond motifs is 1. The second-order valence-electron chi connectivity index (χ2n) is 6.54. The number of nitrogens with two attached hydrogens (primary N) is 1. The van der Waals surface area contributed by atoms with Gasteiger partial charge in [0.2, 0.25) is 0 Å². The highest BCUT2D eigenvalue weighted by Crippen LogP contribution is 2.26. The summed E-state index contributed by atoms with van der Waals surface area (Å²) in [5.41, 5.74) is 9.88. The van der Waals surface area contributed by atoms with Crippen LogP contribution in [0.15, 0.2) is 35.2 Å². The monoisotopic (exact) mass is 386 g/mol. The van der Waals surface area contributed by atoms with E-state index in [0.29, 0.717) is 24.6 Å². The minimum Gasteiger partial charge on any atom is -0.611 e. The van der Waals surface area contributed by atoms with Crippen LogP contribution in [0, 0.1) is 13.8 Å². The Kier molecular flexibility index (Phi) is 6.36. The van der Waals surface area contributed by atoms with Crippen molar-refractivity contribution < 1.29 is 9.29 Å². The van der Waals surface area contributed by atoms with Crippen LogP contribution in [0.4, 0.5) is 5.82 Å². The molecule has 0 amide bonds. The van der Waals surface area contributed by atoms with Crippen LogP contribution in [0.1, 0.15) is 23.5 Å². The van der Waals surface area contributed by atoms with Crippen LogP contribution in [0.25, 0.3) is 11.0 Å². The number of hydrogen-bond acceptors (Lipinski definition) is 5. The van der Waals surface area contributed by atoms with Gasteiger partial charge in [-0.1, -0.05) is 18.2 Å². The summed E-state index contributed by atoms with van der Waals surface area (Å²) in [5, 5.41) is 0. The number of rotatable bonds is 8. The van der Waals surface area contributed by atoms with Gasteiger partial charge in [0.05, 0.1) is 12.1 Å². The lowest BCUT2D eigenvalue weighted by molar-refractivity contribution is 0.199. The minimum atomic E-state index is -1.00. The highest BCUT2D eigenvalue weighted by Gasteiger charge is 2.18. The maximum absolute atomic E-state index is 12.5. The zero-order valence-corrected chi connectivity index (χ0v) is 16.9. The molecular formula is C20H26N4O2S. The average Bonchev–Trinajstić information content (AvgIpc) is 3.04. The van der Waals surface area contributed by atoms with E-state index in [9.17, 15) is 4.55 Å². The van der Waals surface area contributed by atoms with Gasteiger partial charge in [0.25, 0.3) is 0 Å². The van der Waals surface area contributed by atoms with E-state index in [4.69, 9.17) is 15.5 Å². The lowest BCUT2D eigenvalue weighted by Crippen LogP contribution is -2.13. The van der Waals surface area contributed by atoms with E-state index in [-0.39, 0.29) is 0 Å². The lowest BCUT2D eigenvalue weighted by atomic mass is 10.2. The second-order valence-corrected chi connectivity index (χ2v) is 8.11. The normalized spacial score (nSPS) is 12.6. The zero-order valence-electron chi connectivity index (χ0n) is 16.1. The summed E-state index contributed by atoms with van der Waals surface area (Å²) < 4.78 is 19.9. The van der Waals surface area contributed by atoms with Gasteiger partial charge in [-0.25, -0.2) is 9.97 Å². The Morgan fingerprint density at radius 1 is 1.19 bits per heavy atom. The standard InChI is InChI=1S/C20H26N4O2S/c1-14-15(2)22-20(21)18-19(14)24(17(23-18)10-12-26-3)11-7-13-27(25)16-8-5-4-6-9-16/h4-6,8-9H,7,10-13H2,1-3H3,(H2,21,22). The summed E-state index contributed by atoms with van der Waals surface area (Å²) in [7, 11) is 1.68. The molecule has 0 spiro atoms. The molecule has 0 saturated heterocycles. The molecule has 0 saturated carbocycles. The summed E-state index contributed by atoms with van der Waals surface area (Å²) in [6.45, 7) is 5.33. The number of hydrogen-bond donors (Lipinski definition) is 1. The fourth-order valence-corrected chi connectivity index (χ4v) is 4.30. The lowest BCUT2D eigenvalue weighted by Gasteiger charge is -2.13. The van der Waals surface area contributed by atoms with Crippen LogP contribution < -0.4 is 5.73 Å². The molecular weight excluding hydrogens is 360 g/mol. The Morgan fingerprint density at radius 3 is 2.63 bits per heavy atom. The molecule has 0 aliphatic carbocycles. The molecule has 7 heteroatoms. The molecule has 0 aliphatic heterocycles. The van der Waals surface area contributed by atoms with Crippen LogP contribution in [0.5, 0.6) is 0 Å². The number of aromatic nitrogens is 3. The number of methoxy groups -OCH3 is 1. The molecule has 0 fully saturated rings. The first-order chi connectivity index (χ1) is 13.0. The number of imidazole rings is 1. The number of nitrogens with zero attached hydrogens (tertiary/aromatic N) is 3. The van der Waals surface area contributed by atoms with Crippen LogP contribution in [0.2, 0.25) is 0 Å². The van der Waals surface area contributed by atoms with Crippen molar-refractivity contribution in [3.63, 3.8) is 0 Å². The predicted molar refractivity (Wildman–Crippen MR) is 109 cm³/mol. The largest absolute Gasteiger partial charge is 0.611 e. The summed E-state index contributed by atoms with van der Waals surface area (Å²) >= 11 is -1.00. The van der Waals surface area contributed by atoms with Gasteiger partial charge in [0.15, 0.2) is 10.7 Å². The van der Waals surface area contributed by atoms with Gasteiger partial charge in [-0.3, -0.25) is 0 Å². The summed E-state index contributed by atoms with van der Waals surface area (Å²) in [6, 6.07) is 9.59. The third-order valence-electron chi connectivity index (χ3n) is 4.72. The van der Waals surface area contributed by atoms with E-state index >= 15 is 0 Å². The van der Waals surface area contributed by atoms with Gasteiger partial charge < -0.3 is 19.6 Å². The van der Waals surface area contributed by atoms with Crippen molar-refractivity contribution in [3.8, 4) is 0 Å². The average molecular weight is 387 g/mol. The van der Waals surface area contributed by atoms with Gasteiger partial charge >= 0.3 is 0 Å². The van der Waals surface area contributed by atoms with Gasteiger partial charge in [-0.15, -0.1) is 0 Å². The Labute approximate surface area is 162 Å². The van der Waals surface area contributed by atoms with E-state index in [2.05, 4.69) is 9.55 Å². The van der Waals surface area contributed by atoms with Gasteiger partial charge in [0.1, 0.15) is 17.1 Å². The molecule has 2 N–H and O–H groups in total. The Bertz CT molecular complexity index is 911. The zero-order chi connectivity index (χ0) is 19.4. The molecule has 1 unspecified atom stereocenters. The van der Waals surface area contributed by atoms with Crippen LogP contribution in [-0.2, 0) is 28.9 Å². The predicted octanol–water partition coefficient (Wildman–Crippen LogP) is 3.02. The SMILES string of the molecule is COCCc1nc2c(N)nc(C)c(C)c2n1CCC[S+]([O-])c1ccccc1. The third kappa shape index (κ3) is 4.26. The molecule has 2 heterocycles. The number of nitrogen functional groups attached to an aromatic ring is 1. The summed E-state index contributed by atoms with van der Waals surface area (Å²) in [4.78, 5) is 10.0. The molecule has 0 radical (unpaired) electrons. The van der Waals surface area contributed by atoms with Crippen LogP contribution >= 0.6 is 0 Å². The van der Waals surface area contributed by atoms with Crippen molar-refractivity contribution in [1.29, 1.82) is 0 Å². The van der Waals surface area contributed by atoms with Crippen molar-refractivity contribution in [1.82, 2.24) is 14.5 Å². The fourth-order valence-electron chi connectivity index (χ4n) is 3.22. The topological polar surface area (TPSA) is 89.0 Å². The van der Waals surface area contributed by atoms with Gasteiger partial charge in [0, 0.05) is 32.2 Å². The molecule has 0 bridgehead atoms. The Hall–Kier alpha value is -2.09. The first-order valence-corrected chi connectivity index (χ1v) is 10.4. The minimum absolute atomic E-state index is 0.457. The van der Waals surface area contributed by atoms with E-state index in [0.717, 1.165) is 46.0 Å². The summed E-state index contributed by atoms with van der Waals surface area (Å²) in [6.07, 6.45) is 1.48. The maximum Gasteiger partial charge on any atom is 0.152 e. The van der Waals surface area contributed by atoms with Crippen molar-refractivity contribution >= 4 is 28.0 Å². The van der Waals surface area contributed by atoms with Gasteiger partial charge in [-0.05, 0) is 42.7 Å². The van der Waals surface area contributed by atoms with E-state index in [1.807, 2.05) is 44.2 Å². The van der Waals surface area contributed by atoms with E-state index in [1.165, 1.54) is 0 Å². The highest BCUT2D eigenvalue weighted by molar-refractivity contribution is 7.91. The molecule has 27 heavy (non-hydrogen) atoms. The highest BCUT2D eigenvalue weighted by atomic mass is 32.2. The summed E-state index contributed by atoms with van der Waals surface area (Å²) in [5.74, 6) is 1.99. The number of anilines is 1. The Morgan fingerprint density at radius 2 is 1.93 bits per heavy atom. The first kappa shape index (κ1) is 19.7. The molecule has 1 atom stereocenters. The number of ether oxygens (including phenoxy) is 1. The first-order valence-electron chi connectivity index (χ1n) is 9.07. The van der Waals surface area contributed by atoms with E-state index < -0.39 is 11.2 Å². The smallest absolute Gasteiger partial charge is 0.152 e. The van der Waals surface area contributed by atoms with Crippen molar-refractivity contribution in [3.05, 3.63) is 47.4 Å². The molecule has 2 aromatic heterocycles. The quantitative estimate of drug-likeness (QED) is 0.601. The van der Waals surface area contributed by atoms with Crippen molar-refractivity contribution in [2.75, 3.05) is 25.2 Å². The molecule has 1 aromatic carbocycles. The number of benzene rings is 1. The van der Waals surface area contributed by atoms with Crippen LogP contribution in [-0.4, -0.2) is 38.6 Å². The third-order valence-corrected chi connectivity index (χ3v) is 6.18. The molecule has 3 rings (SSSR count). The van der Waals surface area contributed by atoms with E-state index in [1.54, 1.807) is 7.11 Å². The molecule has 144 valence electrons. The number of aryl methyl sites for hydroxylation is 3. The van der Waals surface area contributed by atoms with Gasteiger partial charge in [-0.2, -0.15) is 0 Å². The molecule has 3 aromatic rings. The number of pyridine rings is 1. The molecule has 6 nitrogen and oxygen atoms in total. The van der Waals surface area contributed by atoms with Crippen molar-refractivity contribution in [2.45, 2.75) is 38.1 Å². The van der Waals surface area contributed by atoms with Crippen LogP contribution in [0.3, 0.4) is 0 Å². The second kappa shape index (κ2) is 8.73. The Balaban J connectivity index is 1.85.